The number of nitrogens with zero attached hydrogens (tertiary/aromatic N) is 1. The molecule has 1 saturated heterocycles. The van der Waals surface area contributed by atoms with Crippen molar-refractivity contribution in [1.82, 2.24) is 9.55 Å². The molecule has 214 valence electrons. The average Bonchev–Trinajstić information content (AvgIpc) is 3.28. The van der Waals surface area contributed by atoms with E-state index < -0.39 is 65.9 Å². The summed E-state index contributed by atoms with van der Waals surface area (Å²) in [6.45, 7) is -0.516. The maximum atomic E-state index is 11.9. The Morgan fingerprint density at radius 3 is 1.68 bits per heavy atom. The minimum absolute atomic E-state index is 0.0716. The van der Waals surface area contributed by atoms with Crippen molar-refractivity contribution in [3.8, 4) is 11.3 Å². The van der Waals surface area contributed by atoms with Crippen molar-refractivity contribution in [2.24, 2.45) is 0 Å². The van der Waals surface area contributed by atoms with Gasteiger partial charge in [0.15, 0.2) is 6.23 Å². The molecule has 0 amide bonds. The lowest BCUT2D eigenvalue weighted by Gasteiger charge is -2.17. The van der Waals surface area contributed by atoms with E-state index in [2.05, 4.69) is 4.98 Å². The van der Waals surface area contributed by atoms with Gasteiger partial charge in [-0.05, 0) is 12.1 Å². The van der Waals surface area contributed by atoms with E-state index in [0.29, 0.717) is 0 Å². The Bertz CT molecular complexity index is 1150. The van der Waals surface area contributed by atoms with Crippen LogP contribution in [-0.2, 0) is 18.4 Å². The van der Waals surface area contributed by atoms with Crippen molar-refractivity contribution in [3.05, 3.63) is 45.4 Å². The van der Waals surface area contributed by atoms with E-state index in [1.807, 2.05) is 0 Å². The zero-order chi connectivity index (χ0) is 29.4. The molecule has 0 bridgehead atoms. The number of aliphatic hydroxyl groups is 3. The standard InChI is InChI=1S/C13H14N2O7.3H3O4P/c16-5-8-9(17)10(18)12(22-8)15-4-6(7-2-1-3-21-7)11(19)14-13(15)20;3*1-5(2,3)4/h1-4,8-10,12,16-18H,5H2,(H,14,19,20);3*(H3,1,2,3,4)/t8-,9-,10-,12-;;;/m1.../s1. The maximum Gasteiger partial charge on any atom is 0.466 e. The van der Waals surface area contributed by atoms with Crippen LogP contribution in [-0.4, -0.2) is 93.8 Å². The first-order valence-corrected chi connectivity index (χ1v) is 13.6. The second kappa shape index (κ2) is 14.3. The molecule has 4 atom stereocenters. The van der Waals surface area contributed by atoms with Crippen molar-refractivity contribution in [2.45, 2.75) is 24.5 Å². The molecular weight excluding hydrogens is 581 g/mol. The van der Waals surface area contributed by atoms with Gasteiger partial charge in [0.2, 0.25) is 0 Å². The molecule has 1 aliphatic rings. The summed E-state index contributed by atoms with van der Waals surface area (Å²) >= 11 is 0. The first-order chi connectivity index (χ1) is 16.5. The Kier molecular flexibility index (Phi) is 13.6. The molecule has 0 unspecified atom stereocenters. The summed E-state index contributed by atoms with van der Waals surface area (Å²) in [6, 6.07) is 3.12. The lowest BCUT2D eigenvalue weighted by atomic mass is 10.1. The van der Waals surface area contributed by atoms with Gasteiger partial charge >= 0.3 is 29.2 Å². The summed E-state index contributed by atoms with van der Waals surface area (Å²) in [5.74, 6) is 0.238. The smallest absolute Gasteiger partial charge is 0.464 e. The van der Waals surface area contributed by atoms with Crippen molar-refractivity contribution < 1.29 is 82.2 Å². The van der Waals surface area contributed by atoms with Crippen molar-refractivity contribution in [3.63, 3.8) is 0 Å². The summed E-state index contributed by atoms with van der Waals surface area (Å²) in [7, 11) is -13.9. The quantitative estimate of drug-likeness (QED) is 0.147. The fraction of sp³-hybridized carbons (Fsp3) is 0.385. The van der Waals surface area contributed by atoms with Gasteiger partial charge in [0.05, 0.1) is 18.4 Å². The Balaban J connectivity index is 0.000000711. The molecule has 1 aliphatic heterocycles. The molecule has 24 heteroatoms. The van der Waals surface area contributed by atoms with Gasteiger partial charge in [0.25, 0.3) is 5.56 Å². The van der Waals surface area contributed by atoms with Crippen LogP contribution in [0.15, 0.2) is 38.6 Å². The largest absolute Gasteiger partial charge is 0.466 e. The molecule has 2 aromatic heterocycles. The fourth-order valence-electron chi connectivity index (χ4n) is 2.39. The van der Waals surface area contributed by atoms with Gasteiger partial charge in [-0.15, -0.1) is 0 Å². The number of phosphoric acid groups is 3. The second-order valence-electron chi connectivity index (χ2n) is 6.46. The van der Waals surface area contributed by atoms with Crippen molar-refractivity contribution in [2.75, 3.05) is 6.61 Å². The van der Waals surface area contributed by atoms with E-state index >= 15 is 0 Å². The third-order valence-corrected chi connectivity index (χ3v) is 3.55. The predicted molar refractivity (Wildman–Crippen MR) is 115 cm³/mol. The van der Waals surface area contributed by atoms with Gasteiger partial charge in [-0.2, -0.15) is 0 Å². The summed E-state index contributed by atoms with van der Waals surface area (Å²) < 4.78 is 38.0. The van der Waals surface area contributed by atoms with Gasteiger partial charge < -0.3 is 68.5 Å². The Hall–Kier alpha value is -1.87. The first kappa shape index (κ1) is 35.1. The number of furan rings is 1. The number of aromatic nitrogens is 2. The summed E-state index contributed by atoms with van der Waals surface area (Å²) in [5.41, 5.74) is -1.39. The van der Waals surface area contributed by atoms with Gasteiger partial charge in [0.1, 0.15) is 24.1 Å². The summed E-state index contributed by atoms with van der Waals surface area (Å²) in [4.78, 5) is 90.6. The first-order valence-electron chi connectivity index (χ1n) is 8.89. The topological polar surface area (TPSA) is 371 Å². The Morgan fingerprint density at radius 2 is 1.32 bits per heavy atom. The van der Waals surface area contributed by atoms with Crippen molar-refractivity contribution in [1.29, 1.82) is 0 Å². The molecule has 37 heavy (non-hydrogen) atoms. The molecular formula is C13H23N2O19P3. The molecule has 0 spiro atoms. The normalized spacial score (nSPS) is 21.5. The molecule has 0 aliphatic carbocycles. The number of H-pyrrole nitrogens is 1. The molecule has 3 rings (SSSR count). The predicted octanol–water partition coefficient (Wildman–Crippen LogP) is -4.38. The number of rotatable bonds is 3. The summed E-state index contributed by atoms with van der Waals surface area (Å²) in [6.07, 6.45) is -2.47. The van der Waals surface area contributed by atoms with Crippen LogP contribution in [0, 0.1) is 0 Å². The zero-order valence-corrected chi connectivity index (χ0v) is 20.5. The van der Waals surface area contributed by atoms with Crippen LogP contribution in [0.4, 0.5) is 0 Å². The number of ether oxygens (including phenoxy) is 1. The van der Waals surface area contributed by atoms with Crippen LogP contribution in [0.2, 0.25) is 0 Å². The number of aliphatic hydroxyl groups excluding tert-OH is 3. The Morgan fingerprint density at radius 1 is 0.865 bits per heavy atom. The van der Waals surface area contributed by atoms with Crippen LogP contribution < -0.4 is 11.2 Å². The highest BCUT2D eigenvalue weighted by molar-refractivity contribution is 7.45. The molecule has 2 aromatic rings. The summed E-state index contributed by atoms with van der Waals surface area (Å²) in [5, 5.41) is 28.8. The molecule has 0 radical (unpaired) electrons. The van der Waals surface area contributed by atoms with Crippen LogP contribution in [0.5, 0.6) is 0 Å². The van der Waals surface area contributed by atoms with E-state index in [-0.39, 0.29) is 11.3 Å². The monoisotopic (exact) mass is 604 g/mol. The van der Waals surface area contributed by atoms with Crippen molar-refractivity contribution >= 4 is 23.5 Å². The third kappa shape index (κ3) is 15.9. The SMILES string of the molecule is O=P(O)(O)O.O=P(O)(O)O.O=P(O)(O)O.O=c1[nH]c(=O)n([C@@H]2O[C@H](CO)[C@@H](O)[C@H]2O)cc1-c1ccco1. The minimum Gasteiger partial charge on any atom is -0.464 e. The van der Waals surface area contributed by atoms with Gasteiger partial charge in [0, 0.05) is 6.20 Å². The second-order valence-corrected chi connectivity index (χ2v) is 9.53. The number of hydrogen-bond acceptors (Lipinski definition) is 10. The van der Waals surface area contributed by atoms with Crippen LogP contribution in [0.3, 0.4) is 0 Å². The van der Waals surface area contributed by atoms with Gasteiger partial charge in [-0.1, -0.05) is 0 Å². The van der Waals surface area contributed by atoms with E-state index in [9.17, 15) is 19.8 Å². The van der Waals surface area contributed by atoms with Crippen LogP contribution >= 0.6 is 23.5 Å². The third-order valence-electron chi connectivity index (χ3n) is 3.55. The van der Waals surface area contributed by atoms with E-state index in [1.165, 1.54) is 18.5 Å². The highest BCUT2D eigenvalue weighted by Crippen LogP contribution is 2.29. The Labute approximate surface area is 203 Å². The fourth-order valence-corrected chi connectivity index (χ4v) is 2.39. The molecule has 0 saturated carbocycles. The van der Waals surface area contributed by atoms with Crippen LogP contribution in [0.25, 0.3) is 11.3 Å². The number of hydrogen-bond donors (Lipinski definition) is 13. The molecule has 21 nitrogen and oxygen atoms in total. The minimum atomic E-state index is -4.64. The molecule has 3 heterocycles. The number of nitrogens with one attached hydrogen (secondary N) is 1. The van der Waals surface area contributed by atoms with E-state index in [4.69, 9.17) is 72.0 Å². The molecule has 13 N–H and O–H groups in total. The maximum absolute atomic E-state index is 11.9. The van der Waals surface area contributed by atoms with E-state index in [1.54, 1.807) is 6.07 Å². The average molecular weight is 604 g/mol. The number of aromatic amines is 1. The van der Waals surface area contributed by atoms with Gasteiger partial charge in [-0.3, -0.25) is 14.3 Å². The molecule has 0 aromatic carbocycles. The highest BCUT2D eigenvalue weighted by Gasteiger charge is 2.43. The highest BCUT2D eigenvalue weighted by atomic mass is 31.2. The van der Waals surface area contributed by atoms with E-state index in [0.717, 1.165) is 4.57 Å². The zero-order valence-electron chi connectivity index (χ0n) is 17.8. The van der Waals surface area contributed by atoms with Gasteiger partial charge in [-0.25, -0.2) is 18.5 Å². The lowest BCUT2D eigenvalue weighted by Crippen LogP contribution is -2.38. The lowest BCUT2D eigenvalue weighted by molar-refractivity contribution is -0.0549. The van der Waals surface area contributed by atoms with Crippen LogP contribution in [0.1, 0.15) is 6.23 Å². The molecule has 1 fully saturated rings.